The molecule has 0 radical (unpaired) electrons. The second kappa shape index (κ2) is 2.48. The molecule has 0 amide bonds. The molecule has 0 aromatic carbocycles. The standard InChI is InChI=1S/C8H9N3O/c1-12-8-6(9)2-5-3-10-4-7(5)11-8/h2-3H,4,9H2,1H3. The molecule has 62 valence electrons. The molecular weight excluding hydrogens is 154 g/mol. The Kier molecular flexibility index (Phi) is 1.46. The predicted molar refractivity (Wildman–Crippen MR) is 46.5 cm³/mol. The lowest BCUT2D eigenvalue weighted by molar-refractivity contribution is 0.399. The lowest BCUT2D eigenvalue weighted by atomic mass is 10.2. The molecule has 0 bridgehead atoms. The number of aromatic nitrogens is 1. The smallest absolute Gasteiger partial charge is 0.237 e. The highest BCUT2D eigenvalue weighted by Gasteiger charge is 2.11. The number of nitrogen functional groups attached to an aromatic ring is 1. The van der Waals surface area contributed by atoms with E-state index in [9.17, 15) is 0 Å². The molecule has 4 heteroatoms. The van der Waals surface area contributed by atoms with Crippen LogP contribution in [0.25, 0.3) is 0 Å². The number of hydrogen-bond donors (Lipinski definition) is 1. The SMILES string of the molecule is COc1nc2c(cc1N)C=NC2. The van der Waals surface area contributed by atoms with Crippen molar-refractivity contribution >= 4 is 11.9 Å². The van der Waals surface area contributed by atoms with Crippen molar-refractivity contribution in [2.45, 2.75) is 6.54 Å². The van der Waals surface area contributed by atoms with Crippen LogP contribution in [0.1, 0.15) is 11.3 Å². The van der Waals surface area contributed by atoms with Crippen molar-refractivity contribution in [3.8, 4) is 5.88 Å². The molecular formula is C8H9N3O. The molecule has 1 aliphatic heterocycles. The highest BCUT2D eigenvalue weighted by Crippen LogP contribution is 2.23. The number of methoxy groups -OCH3 is 1. The summed E-state index contributed by atoms with van der Waals surface area (Å²) >= 11 is 0. The van der Waals surface area contributed by atoms with Gasteiger partial charge in [-0.05, 0) is 6.07 Å². The van der Waals surface area contributed by atoms with Crippen LogP contribution >= 0.6 is 0 Å². The summed E-state index contributed by atoms with van der Waals surface area (Å²) in [5.74, 6) is 0.485. The maximum atomic E-state index is 5.65. The molecule has 1 aromatic rings. The summed E-state index contributed by atoms with van der Waals surface area (Å²) in [6, 6.07) is 1.83. The molecule has 1 aromatic heterocycles. The number of anilines is 1. The van der Waals surface area contributed by atoms with Crippen LogP contribution in [0, 0.1) is 0 Å². The van der Waals surface area contributed by atoms with Gasteiger partial charge in [-0.15, -0.1) is 0 Å². The monoisotopic (exact) mass is 163 g/mol. The summed E-state index contributed by atoms with van der Waals surface area (Å²) in [5, 5.41) is 0. The molecule has 12 heavy (non-hydrogen) atoms. The first-order valence-corrected chi connectivity index (χ1v) is 3.64. The Bertz CT molecular complexity index is 346. The summed E-state index contributed by atoms with van der Waals surface area (Å²) in [4.78, 5) is 8.27. The Morgan fingerprint density at radius 3 is 3.17 bits per heavy atom. The van der Waals surface area contributed by atoms with Gasteiger partial charge in [0.2, 0.25) is 5.88 Å². The number of nitrogens with zero attached hydrogens (tertiary/aromatic N) is 2. The summed E-state index contributed by atoms with van der Waals surface area (Å²) in [7, 11) is 1.56. The number of ether oxygens (including phenoxy) is 1. The van der Waals surface area contributed by atoms with Gasteiger partial charge in [0.15, 0.2) is 0 Å². The van der Waals surface area contributed by atoms with Crippen molar-refractivity contribution in [3.63, 3.8) is 0 Å². The first kappa shape index (κ1) is 7.09. The molecule has 0 saturated carbocycles. The number of hydrogen-bond acceptors (Lipinski definition) is 4. The van der Waals surface area contributed by atoms with Crippen LogP contribution in [0.15, 0.2) is 11.1 Å². The fraction of sp³-hybridized carbons (Fsp3) is 0.250. The van der Waals surface area contributed by atoms with Gasteiger partial charge in [-0.1, -0.05) is 0 Å². The van der Waals surface area contributed by atoms with E-state index < -0.39 is 0 Å². The molecule has 0 spiro atoms. The Balaban J connectivity index is 2.54. The molecule has 0 saturated heterocycles. The van der Waals surface area contributed by atoms with Crippen LogP contribution in [0.5, 0.6) is 5.88 Å². The quantitative estimate of drug-likeness (QED) is 0.659. The second-order valence-electron chi connectivity index (χ2n) is 2.59. The highest BCUT2D eigenvalue weighted by atomic mass is 16.5. The minimum atomic E-state index is 0.485. The van der Waals surface area contributed by atoms with Crippen LogP contribution in [0.3, 0.4) is 0 Å². The molecule has 2 heterocycles. The third kappa shape index (κ3) is 0.922. The van der Waals surface area contributed by atoms with E-state index >= 15 is 0 Å². The number of rotatable bonds is 1. The molecule has 2 rings (SSSR count). The van der Waals surface area contributed by atoms with E-state index in [2.05, 4.69) is 9.98 Å². The zero-order valence-corrected chi connectivity index (χ0v) is 6.74. The Hall–Kier alpha value is -1.58. The van der Waals surface area contributed by atoms with Crippen molar-refractivity contribution in [2.24, 2.45) is 4.99 Å². The lowest BCUT2D eigenvalue weighted by Crippen LogP contribution is -1.99. The summed E-state index contributed by atoms with van der Waals surface area (Å²) in [6.45, 7) is 0.631. The highest BCUT2D eigenvalue weighted by molar-refractivity contribution is 5.85. The van der Waals surface area contributed by atoms with Gasteiger partial charge in [0.05, 0.1) is 25.0 Å². The molecule has 0 unspecified atom stereocenters. The molecule has 2 N–H and O–H groups in total. The van der Waals surface area contributed by atoms with Crippen LogP contribution in [-0.2, 0) is 6.54 Å². The van der Waals surface area contributed by atoms with E-state index in [-0.39, 0.29) is 0 Å². The van der Waals surface area contributed by atoms with Gasteiger partial charge in [-0.25, -0.2) is 4.98 Å². The first-order valence-electron chi connectivity index (χ1n) is 3.64. The maximum Gasteiger partial charge on any atom is 0.237 e. The van der Waals surface area contributed by atoms with E-state index in [1.807, 2.05) is 6.07 Å². The average molecular weight is 163 g/mol. The maximum absolute atomic E-state index is 5.65. The Morgan fingerprint density at radius 2 is 2.42 bits per heavy atom. The molecule has 1 aliphatic rings. The van der Waals surface area contributed by atoms with Crippen molar-refractivity contribution < 1.29 is 4.74 Å². The number of pyridine rings is 1. The van der Waals surface area contributed by atoms with Crippen molar-refractivity contribution in [2.75, 3.05) is 12.8 Å². The van der Waals surface area contributed by atoms with Gasteiger partial charge in [-0.2, -0.15) is 0 Å². The largest absolute Gasteiger partial charge is 0.480 e. The van der Waals surface area contributed by atoms with E-state index in [0.717, 1.165) is 11.3 Å². The molecule has 4 nitrogen and oxygen atoms in total. The van der Waals surface area contributed by atoms with E-state index in [4.69, 9.17) is 10.5 Å². The topological polar surface area (TPSA) is 60.5 Å². The van der Waals surface area contributed by atoms with Crippen molar-refractivity contribution in [1.29, 1.82) is 0 Å². The first-order chi connectivity index (χ1) is 5.81. The molecule has 0 atom stereocenters. The fourth-order valence-corrected chi connectivity index (χ4v) is 1.20. The number of fused-ring (bicyclic) bond motifs is 1. The average Bonchev–Trinajstić information content (AvgIpc) is 2.49. The van der Waals surface area contributed by atoms with Gasteiger partial charge in [0.1, 0.15) is 0 Å². The van der Waals surface area contributed by atoms with Gasteiger partial charge in [-0.3, -0.25) is 4.99 Å². The van der Waals surface area contributed by atoms with Gasteiger partial charge in [0, 0.05) is 11.8 Å². The molecule has 0 fully saturated rings. The Morgan fingerprint density at radius 1 is 1.58 bits per heavy atom. The van der Waals surface area contributed by atoms with E-state index in [1.165, 1.54) is 0 Å². The fourth-order valence-electron chi connectivity index (χ4n) is 1.20. The van der Waals surface area contributed by atoms with Crippen LogP contribution in [0.4, 0.5) is 5.69 Å². The van der Waals surface area contributed by atoms with Crippen LogP contribution in [0.2, 0.25) is 0 Å². The minimum absolute atomic E-state index is 0.485. The third-order valence-corrected chi connectivity index (χ3v) is 1.79. The van der Waals surface area contributed by atoms with Crippen LogP contribution < -0.4 is 10.5 Å². The van der Waals surface area contributed by atoms with Crippen LogP contribution in [-0.4, -0.2) is 18.3 Å². The van der Waals surface area contributed by atoms with Gasteiger partial charge in [0.25, 0.3) is 0 Å². The third-order valence-electron chi connectivity index (χ3n) is 1.79. The zero-order valence-electron chi connectivity index (χ0n) is 6.74. The summed E-state index contributed by atoms with van der Waals surface area (Å²) in [5.41, 5.74) is 8.14. The molecule has 0 aliphatic carbocycles. The van der Waals surface area contributed by atoms with Crippen molar-refractivity contribution in [1.82, 2.24) is 4.98 Å². The van der Waals surface area contributed by atoms with E-state index in [1.54, 1.807) is 13.3 Å². The van der Waals surface area contributed by atoms with E-state index in [0.29, 0.717) is 18.1 Å². The number of aliphatic imine (C=N–C) groups is 1. The predicted octanol–water partition coefficient (Wildman–Crippen LogP) is 0.605. The normalized spacial score (nSPS) is 13.1. The van der Waals surface area contributed by atoms with Gasteiger partial charge < -0.3 is 10.5 Å². The summed E-state index contributed by atoms with van der Waals surface area (Å²) in [6.07, 6.45) is 1.78. The van der Waals surface area contributed by atoms with Gasteiger partial charge >= 0.3 is 0 Å². The number of nitrogens with two attached hydrogens (primary N) is 1. The second-order valence-corrected chi connectivity index (χ2v) is 2.59. The summed E-state index contributed by atoms with van der Waals surface area (Å²) < 4.78 is 4.98. The zero-order chi connectivity index (χ0) is 8.55. The minimum Gasteiger partial charge on any atom is -0.480 e. The lowest BCUT2D eigenvalue weighted by Gasteiger charge is -2.04. The Labute approximate surface area is 70.1 Å². The van der Waals surface area contributed by atoms with Crippen molar-refractivity contribution in [3.05, 3.63) is 17.3 Å².